The summed E-state index contributed by atoms with van der Waals surface area (Å²) in [6, 6.07) is 24.4. The van der Waals surface area contributed by atoms with Crippen molar-refractivity contribution in [3.05, 3.63) is 95.1 Å². The van der Waals surface area contributed by atoms with E-state index in [-0.39, 0.29) is 5.78 Å². The molecule has 0 saturated heterocycles. The first-order chi connectivity index (χ1) is 12.7. The Balaban J connectivity index is 1.44. The number of carbonyl (C=O) groups excluding carboxylic acids is 1. The summed E-state index contributed by atoms with van der Waals surface area (Å²) in [5, 5.41) is 0. The van der Waals surface area contributed by atoms with Gasteiger partial charge in [0.2, 0.25) is 0 Å². The highest BCUT2D eigenvalue weighted by atomic mass is 16.1. The smallest absolute Gasteiger partial charge is 0.159 e. The first-order valence-electron chi connectivity index (χ1n) is 8.76. The van der Waals surface area contributed by atoms with Crippen LogP contribution in [0.5, 0.6) is 0 Å². The molecular weight excluding hydrogens is 320 g/mol. The molecule has 0 spiro atoms. The maximum absolute atomic E-state index is 11.3. The van der Waals surface area contributed by atoms with Crippen LogP contribution in [0.4, 0.5) is 11.4 Å². The van der Waals surface area contributed by atoms with E-state index in [0.717, 1.165) is 24.3 Å². The SMILES string of the molecule is CC(=O)c1ccc(N=Cc2ccc(N3Cc4ccccc4C3)cc2)cc1. The van der Waals surface area contributed by atoms with E-state index in [1.54, 1.807) is 6.92 Å². The van der Waals surface area contributed by atoms with Gasteiger partial charge in [0.15, 0.2) is 5.78 Å². The van der Waals surface area contributed by atoms with Crippen molar-refractivity contribution >= 4 is 23.4 Å². The third-order valence-electron chi connectivity index (χ3n) is 4.74. The lowest BCUT2D eigenvalue weighted by Gasteiger charge is -2.17. The van der Waals surface area contributed by atoms with Crippen molar-refractivity contribution < 1.29 is 4.79 Å². The van der Waals surface area contributed by atoms with Crippen molar-refractivity contribution in [2.24, 2.45) is 4.99 Å². The monoisotopic (exact) mass is 340 g/mol. The van der Waals surface area contributed by atoms with E-state index < -0.39 is 0 Å². The van der Waals surface area contributed by atoms with Gasteiger partial charge in [-0.15, -0.1) is 0 Å². The van der Waals surface area contributed by atoms with Gasteiger partial charge in [0.05, 0.1) is 5.69 Å². The molecule has 0 aliphatic carbocycles. The molecule has 3 aromatic rings. The standard InChI is InChI=1S/C23H20N2O/c1-17(26)19-8-10-22(11-9-19)24-14-18-6-12-23(13-7-18)25-15-20-4-2-3-5-21(20)16-25/h2-14H,15-16H2,1H3. The Hall–Kier alpha value is -3.20. The number of rotatable bonds is 4. The van der Waals surface area contributed by atoms with Crippen molar-refractivity contribution in [3.8, 4) is 0 Å². The Kier molecular flexibility index (Phi) is 4.36. The van der Waals surface area contributed by atoms with Gasteiger partial charge < -0.3 is 4.90 Å². The van der Waals surface area contributed by atoms with Crippen LogP contribution in [-0.2, 0) is 13.1 Å². The van der Waals surface area contributed by atoms with Gasteiger partial charge in [0.1, 0.15) is 0 Å². The summed E-state index contributed by atoms with van der Waals surface area (Å²) in [7, 11) is 0. The number of ketones is 1. The first kappa shape index (κ1) is 16.3. The molecule has 3 aromatic carbocycles. The normalized spacial score (nSPS) is 13.2. The molecule has 0 bridgehead atoms. The van der Waals surface area contributed by atoms with E-state index >= 15 is 0 Å². The van der Waals surface area contributed by atoms with Crippen LogP contribution in [0.2, 0.25) is 0 Å². The summed E-state index contributed by atoms with van der Waals surface area (Å²) >= 11 is 0. The van der Waals surface area contributed by atoms with Crippen LogP contribution in [0.25, 0.3) is 0 Å². The average Bonchev–Trinajstić information content (AvgIpc) is 3.11. The third-order valence-corrected chi connectivity index (χ3v) is 4.74. The summed E-state index contributed by atoms with van der Waals surface area (Å²) in [6.07, 6.45) is 1.85. The van der Waals surface area contributed by atoms with Crippen LogP contribution in [-0.4, -0.2) is 12.0 Å². The quantitative estimate of drug-likeness (QED) is 0.485. The number of hydrogen-bond donors (Lipinski definition) is 0. The van der Waals surface area contributed by atoms with Gasteiger partial charge in [-0.1, -0.05) is 36.4 Å². The Labute approximate surface area is 153 Å². The molecule has 1 aliphatic heterocycles. The maximum Gasteiger partial charge on any atom is 0.159 e. The van der Waals surface area contributed by atoms with E-state index in [1.807, 2.05) is 30.5 Å². The maximum atomic E-state index is 11.3. The van der Waals surface area contributed by atoms with E-state index in [9.17, 15) is 4.79 Å². The molecule has 128 valence electrons. The molecule has 0 atom stereocenters. The van der Waals surface area contributed by atoms with E-state index in [0.29, 0.717) is 5.56 Å². The number of carbonyl (C=O) groups is 1. The van der Waals surface area contributed by atoms with Gasteiger partial charge in [-0.2, -0.15) is 0 Å². The highest BCUT2D eigenvalue weighted by Crippen LogP contribution is 2.28. The number of hydrogen-bond acceptors (Lipinski definition) is 3. The predicted octanol–water partition coefficient (Wildman–Crippen LogP) is 5.16. The second-order valence-corrected chi connectivity index (χ2v) is 6.58. The molecule has 4 rings (SSSR count). The van der Waals surface area contributed by atoms with Gasteiger partial charge >= 0.3 is 0 Å². The van der Waals surface area contributed by atoms with Crippen LogP contribution in [0.3, 0.4) is 0 Å². The molecule has 0 aromatic heterocycles. The largest absolute Gasteiger partial charge is 0.363 e. The summed E-state index contributed by atoms with van der Waals surface area (Å²) in [4.78, 5) is 18.2. The topological polar surface area (TPSA) is 32.7 Å². The van der Waals surface area contributed by atoms with Gasteiger partial charge in [0.25, 0.3) is 0 Å². The Bertz CT molecular complexity index is 931. The van der Waals surface area contributed by atoms with Gasteiger partial charge in [-0.05, 0) is 60.0 Å². The zero-order chi connectivity index (χ0) is 17.9. The Morgan fingerprint density at radius 1 is 0.885 bits per heavy atom. The van der Waals surface area contributed by atoms with Crippen molar-refractivity contribution in [3.63, 3.8) is 0 Å². The fraction of sp³-hybridized carbons (Fsp3) is 0.130. The highest BCUT2D eigenvalue weighted by molar-refractivity contribution is 5.94. The number of nitrogens with zero attached hydrogens (tertiary/aromatic N) is 2. The van der Waals surface area contributed by atoms with Crippen LogP contribution >= 0.6 is 0 Å². The minimum atomic E-state index is 0.0696. The molecule has 0 radical (unpaired) electrons. The highest BCUT2D eigenvalue weighted by Gasteiger charge is 2.18. The lowest BCUT2D eigenvalue weighted by atomic mass is 10.1. The lowest BCUT2D eigenvalue weighted by molar-refractivity contribution is 0.101. The predicted molar refractivity (Wildman–Crippen MR) is 106 cm³/mol. The molecule has 0 amide bonds. The molecule has 3 nitrogen and oxygen atoms in total. The number of Topliss-reactive ketones (excluding diaryl/α,β-unsaturated/α-hetero) is 1. The van der Waals surface area contributed by atoms with E-state index in [1.165, 1.54) is 16.8 Å². The fourth-order valence-corrected chi connectivity index (χ4v) is 3.22. The zero-order valence-electron chi connectivity index (χ0n) is 14.7. The molecule has 26 heavy (non-hydrogen) atoms. The Morgan fingerprint density at radius 3 is 2.08 bits per heavy atom. The molecule has 1 aliphatic rings. The zero-order valence-corrected chi connectivity index (χ0v) is 14.7. The second kappa shape index (κ2) is 6.96. The minimum absolute atomic E-state index is 0.0696. The minimum Gasteiger partial charge on any atom is -0.363 e. The summed E-state index contributed by atoms with van der Waals surface area (Å²) in [6.45, 7) is 3.50. The average molecular weight is 340 g/mol. The van der Waals surface area contributed by atoms with Crippen LogP contribution in [0.1, 0.15) is 34.0 Å². The molecule has 0 unspecified atom stereocenters. The molecule has 0 saturated carbocycles. The first-order valence-corrected chi connectivity index (χ1v) is 8.76. The summed E-state index contributed by atoms with van der Waals surface area (Å²) in [5.74, 6) is 0.0696. The van der Waals surface area contributed by atoms with Crippen molar-refractivity contribution in [1.82, 2.24) is 0 Å². The number of fused-ring (bicyclic) bond motifs is 1. The number of aliphatic imine (C=N–C) groups is 1. The third kappa shape index (κ3) is 3.42. The lowest BCUT2D eigenvalue weighted by Crippen LogP contribution is -2.14. The second-order valence-electron chi connectivity index (χ2n) is 6.58. The molecular formula is C23H20N2O. The molecule has 3 heteroatoms. The summed E-state index contributed by atoms with van der Waals surface area (Å²) < 4.78 is 0. The Morgan fingerprint density at radius 2 is 1.50 bits per heavy atom. The molecule has 1 heterocycles. The van der Waals surface area contributed by atoms with Crippen molar-refractivity contribution in [2.75, 3.05) is 4.90 Å². The number of benzene rings is 3. The van der Waals surface area contributed by atoms with Crippen molar-refractivity contribution in [1.29, 1.82) is 0 Å². The van der Waals surface area contributed by atoms with Crippen molar-refractivity contribution in [2.45, 2.75) is 20.0 Å². The van der Waals surface area contributed by atoms with E-state index in [2.05, 4.69) is 58.4 Å². The van der Waals surface area contributed by atoms with E-state index in [4.69, 9.17) is 0 Å². The van der Waals surface area contributed by atoms with Gasteiger partial charge in [-0.3, -0.25) is 9.79 Å². The van der Waals surface area contributed by atoms with Crippen LogP contribution in [0, 0.1) is 0 Å². The number of anilines is 1. The van der Waals surface area contributed by atoms with Gasteiger partial charge in [-0.25, -0.2) is 0 Å². The summed E-state index contributed by atoms with van der Waals surface area (Å²) in [5.41, 5.74) is 6.65. The van der Waals surface area contributed by atoms with Crippen LogP contribution < -0.4 is 4.90 Å². The fourth-order valence-electron chi connectivity index (χ4n) is 3.22. The molecule has 0 N–H and O–H groups in total. The van der Waals surface area contributed by atoms with Gasteiger partial charge in [0, 0.05) is 30.6 Å². The van der Waals surface area contributed by atoms with Crippen LogP contribution in [0.15, 0.2) is 77.8 Å². The molecule has 0 fully saturated rings.